The average molecular weight is 450 g/mol. The van der Waals surface area contributed by atoms with Crippen LogP contribution in [0, 0.1) is 6.92 Å². The van der Waals surface area contributed by atoms with Crippen LogP contribution in [0.1, 0.15) is 56.5 Å². The second-order valence-electron chi connectivity index (χ2n) is 8.71. The van der Waals surface area contributed by atoms with Crippen molar-refractivity contribution in [2.24, 2.45) is 0 Å². The summed E-state index contributed by atoms with van der Waals surface area (Å²) >= 11 is 0. The van der Waals surface area contributed by atoms with Crippen LogP contribution in [0.2, 0.25) is 0 Å². The highest BCUT2D eigenvalue weighted by molar-refractivity contribution is 5.67. The largest absolute Gasteiger partial charge is 0.488 e. The average Bonchev–Trinajstić information content (AvgIpc) is 3.39. The molecule has 1 saturated heterocycles. The molecule has 1 aliphatic rings. The van der Waals surface area contributed by atoms with Crippen molar-refractivity contribution in [3.63, 3.8) is 0 Å². The van der Waals surface area contributed by atoms with Gasteiger partial charge in [-0.05, 0) is 45.7 Å². The molecule has 0 amide bonds. The van der Waals surface area contributed by atoms with Crippen molar-refractivity contribution < 1.29 is 14.4 Å². The van der Waals surface area contributed by atoms with E-state index in [0.717, 1.165) is 17.5 Å². The van der Waals surface area contributed by atoms with Crippen molar-refractivity contribution in [1.82, 2.24) is 30.1 Å². The van der Waals surface area contributed by atoms with Gasteiger partial charge in [0.05, 0.1) is 30.7 Å². The summed E-state index contributed by atoms with van der Waals surface area (Å²) < 4.78 is 12.7. The Bertz CT molecular complexity index is 1280. The smallest absolute Gasteiger partial charge is 0.244 e. The summed E-state index contributed by atoms with van der Waals surface area (Å²) in [7, 11) is 0. The standard InChI is InChI=1S/C23H27N7O3/c1-12(2)32-16-9-24-21-19(10-25-30(21)11-16)27-22(31)17-8-15(6-5-13(17)3)20-28-23(33-29-20)18-7-14(4)26-18/h5-6,8-12,14,18,22,26-27,31H,7H2,1-4H3/t14-,18?,22?/m0/s1. The minimum absolute atomic E-state index is 0.0401. The van der Waals surface area contributed by atoms with Crippen LogP contribution in [0.25, 0.3) is 17.0 Å². The number of nitrogens with one attached hydrogen (secondary N) is 2. The number of rotatable bonds is 7. The molecule has 3 aromatic heterocycles. The van der Waals surface area contributed by atoms with Crippen LogP contribution < -0.4 is 15.4 Å². The number of aliphatic hydroxyl groups is 1. The van der Waals surface area contributed by atoms with Gasteiger partial charge in [0.15, 0.2) is 17.6 Å². The highest BCUT2D eigenvalue weighted by Gasteiger charge is 2.30. The summed E-state index contributed by atoms with van der Waals surface area (Å²) in [6.45, 7) is 7.96. The Balaban J connectivity index is 1.36. The maximum Gasteiger partial charge on any atom is 0.244 e. The quantitative estimate of drug-likeness (QED) is 0.364. The third-order valence-corrected chi connectivity index (χ3v) is 5.64. The first-order chi connectivity index (χ1) is 15.9. The van der Waals surface area contributed by atoms with Crippen LogP contribution in [0.3, 0.4) is 0 Å². The zero-order valence-electron chi connectivity index (χ0n) is 19.0. The number of benzene rings is 1. The number of ether oxygens (including phenoxy) is 1. The molecule has 4 heterocycles. The van der Waals surface area contributed by atoms with E-state index in [1.165, 1.54) is 0 Å². The SMILES string of the molecule is Cc1ccc(-c2noc(C3C[C@H](C)N3)n2)cc1C(O)Nc1cnn2cc(OC(C)C)cnc12. The first-order valence-corrected chi connectivity index (χ1v) is 11.0. The highest BCUT2D eigenvalue weighted by atomic mass is 16.5. The Morgan fingerprint density at radius 2 is 2.12 bits per heavy atom. The number of anilines is 1. The molecule has 10 heteroatoms. The van der Waals surface area contributed by atoms with Crippen LogP contribution in [0.5, 0.6) is 5.75 Å². The molecule has 0 saturated carbocycles. The third kappa shape index (κ3) is 4.27. The molecule has 172 valence electrons. The molecule has 0 aliphatic carbocycles. The van der Waals surface area contributed by atoms with E-state index in [9.17, 15) is 5.11 Å². The molecular formula is C23H27N7O3. The van der Waals surface area contributed by atoms with E-state index in [1.54, 1.807) is 23.1 Å². The topological polar surface area (TPSA) is 123 Å². The van der Waals surface area contributed by atoms with Crippen LogP contribution in [-0.4, -0.2) is 42.0 Å². The summed E-state index contributed by atoms with van der Waals surface area (Å²) in [5.74, 6) is 1.71. The van der Waals surface area contributed by atoms with Crippen LogP contribution in [0.15, 0.2) is 41.3 Å². The van der Waals surface area contributed by atoms with E-state index < -0.39 is 6.23 Å². The van der Waals surface area contributed by atoms with Gasteiger partial charge in [0.25, 0.3) is 0 Å². The lowest BCUT2D eigenvalue weighted by atomic mass is 9.99. The molecular weight excluding hydrogens is 422 g/mol. The molecule has 0 bridgehead atoms. The molecule has 1 aromatic carbocycles. The Kier molecular flexibility index (Phi) is 5.47. The summed E-state index contributed by atoms with van der Waals surface area (Å²) in [6.07, 6.45) is 5.07. The number of aromatic nitrogens is 5. The van der Waals surface area contributed by atoms with Crippen LogP contribution >= 0.6 is 0 Å². The Morgan fingerprint density at radius 3 is 2.88 bits per heavy atom. The van der Waals surface area contributed by atoms with Gasteiger partial charge < -0.3 is 25.0 Å². The first-order valence-electron chi connectivity index (χ1n) is 11.0. The fourth-order valence-electron chi connectivity index (χ4n) is 3.93. The molecule has 5 rings (SSSR count). The highest BCUT2D eigenvalue weighted by Crippen LogP contribution is 2.30. The lowest BCUT2D eigenvalue weighted by molar-refractivity contribution is 0.207. The lowest BCUT2D eigenvalue weighted by Gasteiger charge is -2.31. The molecule has 0 radical (unpaired) electrons. The molecule has 1 fully saturated rings. The van der Waals surface area contributed by atoms with Gasteiger partial charge in [-0.3, -0.25) is 0 Å². The van der Waals surface area contributed by atoms with Crippen molar-refractivity contribution in [3.8, 4) is 17.1 Å². The van der Waals surface area contributed by atoms with E-state index in [-0.39, 0.29) is 12.1 Å². The van der Waals surface area contributed by atoms with Crippen LogP contribution in [0.4, 0.5) is 5.69 Å². The maximum absolute atomic E-state index is 11.0. The Labute approximate surface area is 191 Å². The van der Waals surface area contributed by atoms with Gasteiger partial charge in [0.1, 0.15) is 5.69 Å². The summed E-state index contributed by atoms with van der Waals surface area (Å²) in [5.41, 5.74) is 3.59. The lowest BCUT2D eigenvalue weighted by Crippen LogP contribution is -2.43. The fraction of sp³-hybridized carbons (Fsp3) is 0.391. The van der Waals surface area contributed by atoms with Crippen molar-refractivity contribution in [2.75, 3.05) is 5.32 Å². The molecule has 2 unspecified atom stereocenters. The summed E-state index contributed by atoms with van der Waals surface area (Å²) in [6, 6.07) is 6.28. The molecule has 3 atom stereocenters. The molecule has 10 nitrogen and oxygen atoms in total. The van der Waals surface area contributed by atoms with Gasteiger partial charge in [-0.15, -0.1) is 0 Å². The van der Waals surface area contributed by atoms with Gasteiger partial charge in [-0.25, -0.2) is 9.50 Å². The van der Waals surface area contributed by atoms with E-state index >= 15 is 0 Å². The van der Waals surface area contributed by atoms with Crippen LogP contribution in [-0.2, 0) is 0 Å². The number of hydrogen-bond donors (Lipinski definition) is 3. The molecule has 4 aromatic rings. The zero-order chi connectivity index (χ0) is 23.1. The molecule has 33 heavy (non-hydrogen) atoms. The molecule has 3 N–H and O–H groups in total. The van der Waals surface area contributed by atoms with Gasteiger partial charge >= 0.3 is 0 Å². The first kappa shape index (κ1) is 21.4. The number of aryl methyl sites for hydroxylation is 1. The number of fused-ring (bicyclic) bond motifs is 1. The monoisotopic (exact) mass is 449 g/mol. The van der Waals surface area contributed by atoms with Crippen molar-refractivity contribution in [3.05, 3.63) is 53.8 Å². The maximum atomic E-state index is 11.0. The van der Waals surface area contributed by atoms with Gasteiger partial charge in [-0.1, -0.05) is 17.3 Å². The van der Waals surface area contributed by atoms with Crippen molar-refractivity contribution in [1.29, 1.82) is 0 Å². The molecule has 0 spiro atoms. The van der Waals surface area contributed by atoms with E-state index in [4.69, 9.17) is 9.26 Å². The minimum Gasteiger partial charge on any atom is -0.488 e. The van der Waals surface area contributed by atoms with Crippen molar-refractivity contribution in [2.45, 2.75) is 58.5 Å². The summed E-state index contributed by atoms with van der Waals surface area (Å²) in [4.78, 5) is 8.96. The fourth-order valence-corrected chi connectivity index (χ4v) is 3.93. The number of nitrogens with zero attached hydrogens (tertiary/aromatic N) is 5. The third-order valence-electron chi connectivity index (χ3n) is 5.64. The summed E-state index contributed by atoms with van der Waals surface area (Å²) in [5, 5.41) is 25.9. The predicted molar refractivity (Wildman–Crippen MR) is 122 cm³/mol. The second kappa shape index (κ2) is 8.45. The van der Waals surface area contributed by atoms with Gasteiger partial charge in [0.2, 0.25) is 11.7 Å². The Hall–Kier alpha value is -3.50. The minimum atomic E-state index is -0.980. The normalized spacial score (nSPS) is 19.0. The molecule has 1 aliphatic heterocycles. The van der Waals surface area contributed by atoms with E-state index in [0.29, 0.717) is 40.4 Å². The number of hydrogen-bond acceptors (Lipinski definition) is 9. The Morgan fingerprint density at radius 1 is 1.30 bits per heavy atom. The van der Waals surface area contributed by atoms with Gasteiger partial charge in [0, 0.05) is 17.2 Å². The number of aliphatic hydroxyl groups excluding tert-OH is 1. The second-order valence-corrected chi connectivity index (χ2v) is 8.71. The predicted octanol–water partition coefficient (Wildman–Crippen LogP) is 3.40. The van der Waals surface area contributed by atoms with E-state index in [1.807, 2.05) is 39.0 Å². The van der Waals surface area contributed by atoms with E-state index in [2.05, 4.69) is 37.8 Å². The van der Waals surface area contributed by atoms with Crippen molar-refractivity contribution >= 4 is 11.3 Å². The van der Waals surface area contributed by atoms with Gasteiger partial charge in [-0.2, -0.15) is 10.1 Å². The zero-order valence-corrected chi connectivity index (χ0v) is 19.0.